The van der Waals surface area contributed by atoms with Gasteiger partial charge in [0.15, 0.2) is 0 Å². The van der Waals surface area contributed by atoms with Crippen molar-refractivity contribution in [3.05, 3.63) is 60.7 Å². The van der Waals surface area contributed by atoms with Gasteiger partial charge in [0.1, 0.15) is 6.10 Å². The van der Waals surface area contributed by atoms with Gasteiger partial charge in [0.2, 0.25) is 0 Å². The number of hydrogen-bond donors (Lipinski definition) is 0. The average Bonchev–Trinajstić information content (AvgIpc) is 2.66. The van der Waals surface area contributed by atoms with Gasteiger partial charge < -0.3 is 14.2 Å². The Morgan fingerprint density at radius 2 is 1.56 bits per heavy atom. The monoisotopic (exact) mass is 341 g/mol. The number of hydrogen-bond acceptors (Lipinski definition) is 4. The molecule has 1 aliphatic heterocycles. The third-order valence-corrected chi connectivity index (χ3v) is 4.39. The van der Waals surface area contributed by atoms with Crippen molar-refractivity contribution in [1.82, 2.24) is 0 Å². The summed E-state index contributed by atoms with van der Waals surface area (Å²) in [6, 6.07) is 20.5. The summed E-state index contributed by atoms with van der Waals surface area (Å²) in [4.78, 5) is 2.13. The van der Waals surface area contributed by atoms with E-state index in [-0.39, 0.29) is 6.10 Å². The summed E-state index contributed by atoms with van der Waals surface area (Å²) in [5.74, 6) is -0.967. The highest BCUT2D eigenvalue weighted by molar-refractivity contribution is 5.64. The molecule has 2 aromatic rings. The first kappa shape index (κ1) is 17.9. The van der Waals surface area contributed by atoms with E-state index in [1.807, 2.05) is 50.2 Å². The largest absolute Gasteiger partial charge is 0.371 e. The Kier molecular flexibility index (Phi) is 6.08. The molecule has 1 heterocycles. The Morgan fingerprint density at radius 1 is 0.960 bits per heavy atom. The SMILES string of the molecule is CCOC1CCCOC1(OCC)N(c1ccccc1)c1ccccc1. The zero-order valence-electron chi connectivity index (χ0n) is 15.1. The van der Waals surface area contributed by atoms with Crippen LogP contribution in [0.2, 0.25) is 0 Å². The fourth-order valence-electron chi connectivity index (χ4n) is 3.43. The fourth-order valence-corrected chi connectivity index (χ4v) is 3.43. The summed E-state index contributed by atoms with van der Waals surface area (Å²) in [6.45, 7) is 5.83. The van der Waals surface area contributed by atoms with E-state index in [0.29, 0.717) is 19.8 Å². The van der Waals surface area contributed by atoms with Crippen LogP contribution in [0.1, 0.15) is 26.7 Å². The standard InChI is InChI=1S/C21H27NO3/c1-3-23-20-16-11-17-25-21(20,24-4-2)22(18-12-7-5-8-13-18)19-14-9-6-10-15-19/h5-10,12-15,20H,3-4,11,16-17H2,1-2H3. The third kappa shape index (κ3) is 3.71. The molecule has 0 spiro atoms. The molecule has 4 heteroatoms. The number of anilines is 2. The zero-order chi connectivity index (χ0) is 17.5. The van der Waals surface area contributed by atoms with Gasteiger partial charge in [-0.05, 0) is 51.0 Å². The van der Waals surface area contributed by atoms with Gasteiger partial charge in [-0.2, -0.15) is 0 Å². The zero-order valence-corrected chi connectivity index (χ0v) is 15.1. The van der Waals surface area contributed by atoms with Crippen molar-refractivity contribution in [2.45, 2.75) is 38.7 Å². The van der Waals surface area contributed by atoms with Gasteiger partial charge in [-0.25, -0.2) is 0 Å². The predicted molar refractivity (Wildman–Crippen MR) is 100.0 cm³/mol. The van der Waals surface area contributed by atoms with E-state index in [4.69, 9.17) is 14.2 Å². The molecule has 1 fully saturated rings. The summed E-state index contributed by atoms with van der Waals surface area (Å²) in [5.41, 5.74) is 2.04. The lowest BCUT2D eigenvalue weighted by molar-refractivity contribution is -0.302. The van der Waals surface area contributed by atoms with Crippen LogP contribution in [-0.4, -0.2) is 31.8 Å². The molecule has 0 aliphatic carbocycles. The molecule has 0 saturated carbocycles. The van der Waals surface area contributed by atoms with Gasteiger partial charge in [-0.3, -0.25) is 4.90 Å². The van der Waals surface area contributed by atoms with E-state index in [9.17, 15) is 0 Å². The minimum absolute atomic E-state index is 0.161. The first-order valence-corrected chi connectivity index (χ1v) is 9.11. The average molecular weight is 341 g/mol. The van der Waals surface area contributed by atoms with Crippen LogP contribution in [0.4, 0.5) is 11.4 Å². The molecule has 2 unspecified atom stereocenters. The maximum absolute atomic E-state index is 6.32. The molecule has 1 saturated heterocycles. The van der Waals surface area contributed by atoms with Gasteiger partial charge >= 0.3 is 0 Å². The smallest absolute Gasteiger partial charge is 0.283 e. The van der Waals surface area contributed by atoms with Crippen LogP contribution in [0.25, 0.3) is 0 Å². The minimum Gasteiger partial charge on any atom is -0.371 e. The lowest BCUT2D eigenvalue weighted by Crippen LogP contribution is -2.62. The molecular weight excluding hydrogens is 314 g/mol. The fraction of sp³-hybridized carbons (Fsp3) is 0.429. The lowest BCUT2D eigenvalue weighted by atomic mass is 10.0. The molecule has 3 rings (SSSR count). The molecule has 25 heavy (non-hydrogen) atoms. The normalized spacial score (nSPS) is 23.4. The van der Waals surface area contributed by atoms with Crippen molar-refractivity contribution in [3.8, 4) is 0 Å². The van der Waals surface area contributed by atoms with Crippen LogP contribution in [0.5, 0.6) is 0 Å². The minimum atomic E-state index is -0.967. The molecule has 4 nitrogen and oxygen atoms in total. The summed E-state index contributed by atoms with van der Waals surface area (Å²) >= 11 is 0. The second-order valence-electron chi connectivity index (χ2n) is 6.00. The molecule has 1 aliphatic rings. The Morgan fingerprint density at radius 3 is 2.08 bits per heavy atom. The van der Waals surface area contributed by atoms with Gasteiger partial charge in [0, 0.05) is 24.6 Å². The van der Waals surface area contributed by atoms with Crippen molar-refractivity contribution < 1.29 is 14.2 Å². The number of para-hydroxylation sites is 2. The molecule has 2 atom stereocenters. The summed E-state index contributed by atoms with van der Waals surface area (Å²) < 4.78 is 18.7. The van der Waals surface area contributed by atoms with E-state index >= 15 is 0 Å². The summed E-state index contributed by atoms with van der Waals surface area (Å²) in [6.07, 6.45) is 1.72. The Bertz CT molecular complexity index is 589. The van der Waals surface area contributed by atoms with Gasteiger partial charge in [-0.15, -0.1) is 0 Å². The molecule has 0 bridgehead atoms. The molecule has 2 aromatic carbocycles. The van der Waals surface area contributed by atoms with Gasteiger partial charge in [0.05, 0.1) is 6.61 Å². The second kappa shape index (κ2) is 8.48. The maximum atomic E-state index is 6.32. The summed E-state index contributed by atoms with van der Waals surface area (Å²) in [7, 11) is 0. The van der Waals surface area contributed by atoms with E-state index in [1.165, 1.54) is 0 Å². The van der Waals surface area contributed by atoms with E-state index in [1.54, 1.807) is 0 Å². The Balaban J connectivity index is 2.13. The molecule has 0 aromatic heterocycles. The van der Waals surface area contributed by atoms with Crippen molar-refractivity contribution in [2.24, 2.45) is 0 Å². The Labute approximate surface area is 150 Å². The number of nitrogens with zero attached hydrogens (tertiary/aromatic N) is 1. The number of ether oxygens (including phenoxy) is 3. The van der Waals surface area contributed by atoms with Crippen molar-refractivity contribution in [3.63, 3.8) is 0 Å². The lowest BCUT2D eigenvalue weighted by Gasteiger charge is -2.49. The van der Waals surface area contributed by atoms with Gasteiger partial charge in [-0.1, -0.05) is 36.4 Å². The second-order valence-corrected chi connectivity index (χ2v) is 6.00. The highest BCUT2D eigenvalue weighted by Gasteiger charge is 2.50. The van der Waals surface area contributed by atoms with Crippen LogP contribution in [0, 0.1) is 0 Å². The van der Waals surface area contributed by atoms with E-state index in [0.717, 1.165) is 24.2 Å². The topological polar surface area (TPSA) is 30.9 Å². The number of rotatable bonds is 7. The van der Waals surface area contributed by atoms with Crippen molar-refractivity contribution in [2.75, 3.05) is 24.7 Å². The predicted octanol–water partition coefficient (Wildman–Crippen LogP) is 4.73. The van der Waals surface area contributed by atoms with Crippen LogP contribution in [0.15, 0.2) is 60.7 Å². The maximum Gasteiger partial charge on any atom is 0.283 e. The molecule has 134 valence electrons. The quantitative estimate of drug-likeness (QED) is 0.681. The van der Waals surface area contributed by atoms with E-state index in [2.05, 4.69) is 29.2 Å². The first-order chi connectivity index (χ1) is 12.3. The van der Waals surface area contributed by atoms with Crippen molar-refractivity contribution >= 4 is 11.4 Å². The first-order valence-electron chi connectivity index (χ1n) is 9.11. The number of benzene rings is 2. The molecular formula is C21H27NO3. The molecule has 0 N–H and O–H groups in total. The Hall–Kier alpha value is -1.88. The van der Waals surface area contributed by atoms with Crippen LogP contribution >= 0.6 is 0 Å². The van der Waals surface area contributed by atoms with E-state index < -0.39 is 5.91 Å². The highest BCUT2D eigenvalue weighted by atomic mass is 16.7. The van der Waals surface area contributed by atoms with Crippen LogP contribution in [-0.2, 0) is 14.2 Å². The third-order valence-electron chi connectivity index (χ3n) is 4.39. The summed E-state index contributed by atoms with van der Waals surface area (Å²) in [5, 5.41) is 0. The van der Waals surface area contributed by atoms with Crippen molar-refractivity contribution in [1.29, 1.82) is 0 Å². The molecule has 0 amide bonds. The van der Waals surface area contributed by atoms with Crippen LogP contribution < -0.4 is 4.90 Å². The molecule has 0 radical (unpaired) electrons. The van der Waals surface area contributed by atoms with Crippen LogP contribution in [0.3, 0.4) is 0 Å². The highest BCUT2D eigenvalue weighted by Crippen LogP contribution is 2.41. The van der Waals surface area contributed by atoms with Gasteiger partial charge in [0.25, 0.3) is 5.91 Å².